The van der Waals surface area contributed by atoms with Crippen LogP contribution < -0.4 is 4.72 Å². The van der Waals surface area contributed by atoms with Crippen molar-refractivity contribution in [2.45, 2.75) is 23.5 Å². The highest BCUT2D eigenvalue weighted by Gasteiger charge is 2.28. The number of hydrogen-bond donors (Lipinski definition) is 4. The maximum atomic E-state index is 13.2. The van der Waals surface area contributed by atoms with Crippen molar-refractivity contribution < 1.29 is 18.6 Å². The van der Waals surface area contributed by atoms with Crippen molar-refractivity contribution in [3.05, 3.63) is 100 Å². The van der Waals surface area contributed by atoms with Gasteiger partial charge in [-0.05, 0) is 47.7 Å². The number of hydrogen-bond acceptors (Lipinski definition) is 7. The Bertz CT molecular complexity index is 1670. The van der Waals surface area contributed by atoms with Crippen molar-refractivity contribution in [1.82, 2.24) is 19.9 Å². The monoisotopic (exact) mass is 554 g/mol. The van der Waals surface area contributed by atoms with E-state index in [1.165, 1.54) is 30.7 Å². The molecule has 1 unspecified atom stereocenters. The minimum absolute atomic E-state index is 0.0169. The molecule has 0 aliphatic heterocycles. The van der Waals surface area contributed by atoms with Crippen LogP contribution in [0.15, 0.2) is 84.1 Å². The van der Waals surface area contributed by atoms with Crippen LogP contribution in [0.25, 0.3) is 21.3 Å². The molecule has 11 heteroatoms. The molecule has 3 heterocycles. The smallest absolute Gasteiger partial charge is 0.244 e. The molecule has 0 saturated heterocycles. The van der Waals surface area contributed by atoms with Crippen molar-refractivity contribution in [2.75, 3.05) is 6.61 Å². The molecule has 2 aromatic carbocycles. The minimum Gasteiger partial charge on any atom is -0.393 e. The summed E-state index contributed by atoms with van der Waals surface area (Å²) in [5.74, 6) is 0. The Morgan fingerprint density at radius 3 is 2.70 bits per heavy atom. The summed E-state index contributed by atoms with van der Waals surface area (Å²) in [5, 5.41) is 27.8. The van der Waals surface area contributed by atoms with Gasteiger partial charge in [-0.3, -0.25) is 10.1 Å². The van der Waals surface area contributed by atoms with E-state index in [-0.39, 0.29) is 4.90 Å². The van der Waals surface area contributed by atoms with Gasteiger partial charge in [0, 0.05) is 32.6 Å². The Morgan fingerprint density at radius 1 is 1.16 bits per heavy atom. The second-order valence-corrected chi connectivity index (χ2v) is 11.9. The number of halogens is 1. The van der Waals surface area contributed by atoms with E-state index in [0.717, 1.165) is 20.5 Å². The van der Waals surface area contributed by atoms with Gasteiger partial charge < -0.3 is 10.2 Å². The molecule has 37 heavy (non-hydrogen) atoms. The average Bonchev–Trinajstić information content (AvgIpc) is 3.59. The molecular formula is C26H23ClN4O4S2. The Hall–Kier alpha value is -3.12. The summed E-state index contributed by atoms with van der Waals surface area (Å²) in [5.41, 5.74) is 1.18. The van der Waals surface area contributed by atoms with Crippen LogP contribution in [0.1, 0.15) is 29.0 Å². The van der Waals surface area contributed by atoms with Crippen LogP contribution in [0, 0.1) is 0 Å². The zero-order chi connectivity index (χ0) is 26.2. The average molecular weight is 555 g/mol. The molecule has 4 N–H and O–H groups in total. The normalized spacial score (nSPS) is 14.5. The molecule has 5 rings (SSSR count). The molecule has 0 radical (unpaired) electrons. The van der Waals surface area contributed by atoms with E-state index in [0.29, 0.717) is 21.8 Å². The van der Waals surface area contributed by atoms with Gasteiger partial charge in [0.15, 0.2) is 0 Å². The standard InChI is InChI=1S/C26H23ClN4O4S2/c1-26(33,15-32)17-9-10-28-22(12-17)20-7-4-5-16-11-23(36-25(16)20)24(19-6-2-3-8-21(19)27)31-37(34,35)18-13-29-30-14-18/h2-14,24,31-33H,15H2,1H3,(H,29,30)/t24-,26?/m1/s1. The number of benzene rings is 2. The molecule has 2 atom stereocenters. The van der Waals surface area contributed by atoms with Crippen LogP contribution >= 0.6 is 22.9 Å². The predicted molar refractivity (Wildman–Crippen MR) is 144 cm³/mol. The van der Waals surface area contributed by atoms with Crippen molar-refractivity contribution in [2.24, 2.45) is 0 Å². The van der Waals surface area contributed by atoms with Crippen molar-refractivity contribution >= 4 is 43.0 Å². The van der Waals surface area contributed by atoms with E-state index in [1.54, 1.807) is 36.5 Å². The molecule has 0 spiro atoms. The number of nitrogens with one attached hydrogen (secondary N) is 2. The van der Waals surface area contributed by atoms with E-state index < -0.39 is 28.3 Å². The zero-order valence-electron chi connectivity index (χ0n) is 19.6. The summed E-state index contributed by atoms with van der Waals surface area (Å²) >= 11 is 7.95. The second-order valence-electron chi connectivity index (χ2n) is 8.74. The third-order valence-corrected chi connectivity index (χ3v) is 9.07. The quantitative estimate of drug-likeness (QED) is 0.222. The number of fused-ring (bicyclic) bond motifs is 1. The number of H-pyrrole nitrogens is 1. The van der Waals surface area contributed by atoms with Crippen LogP contribution in [0.3, 0.4) is 0 Å². The molecule has 0 bridgehead atoms. The largest absolute Gasteiger partial charge is 0.393 e. The summed E-state index contributed by atoms with van der Waals surface area (Å²) in [6, 6.07) is 17.5. The summed E-state index contributed by atoms with van der Waals surface area (Å²) < 4.78 is 30.0. The molecule has 190 valence electrons. The van der Waals surface area contributed by atoms with Crippen molar-refractivity contribution in [3.63, 3.8) is 0 Å². The fraction of sp³-hybridized carbons (Fsp3) is 0.154. The number of sulfonamides is 1. The number of aromatic amines is 1. The molecule has 0 aliphatic carbocycles. The fourth-order valence-electron chi connectivity index (χ4n) is 4.02. The zero-order valence-corrected chi connectivity index (χ0v) is 22.0. The maximum Gasteiger partial charge on any atom is 0.244 e. The molecule has 3 aromatic heterocycles. The van der Waals surface area contributed by atoms with Crippen LogP contribution in [0.4, 0.5) is 0 Å². The summed E-state index contributed by atoms with van der Waals surface area (Å²) in [7, 11) is -3.91. The van der Waals surface area contributed by atoms with Gasteiger partial charge in [0.05, 0.1) is 24.5 Å². The van der Waals surface area contributed by atoms with Crippen LogP contribution in [0.5, 0.6) is 0 Å². The maximum absolute atomic E-state index is 13.2. The second kappa shape index (κ2) is 9.97. The Balaban J connectivity index is 1.64. The van der Waals surface area contributed by atoms with E-state index in [4.69, 9.17) is 11.6 Å². The SMILES string of the molecule is CC(O)(CO)c1ccnc(-c2cccc3cc([C@H](NS(=O)(=O)c4cn[nH]c4)c4ccccc4Cl)sc23)c1. The lowest BCUT2D eigenvalue weighted by Gasteiger charge is -2.21. The minimum atomic E-state index is -3.91. The lowest BCUT2D eigenvalue weighted by atomic mass is 9.96. The number of rotatable bonds is 8. The van der Waals surface area contributed by atoms with Gasteiger partial charge in [-0.2, -0.15) is 9.82 Å². The van der Waals surface area contributed by atoms with Crippen LogP contribution in [-0.2, 0) is 15.6 Å². The number of nitrogens with zero attached hydrogens (tertiary/aromatic N) is 2. The lowest BCUT2D eigenvalue weighted by Crippen LogP contribution is -2.29. The van der Waals surface area contributed by atoms with Gasteiger partial charge in [0.25, 0.3) is 0 Å². The molecule has 5 aromatic rings. The number of pyridine rings is 1. The molecule has 0 saturated carbocycles. The first-order valence-electron chi connectivity index (χ1n) is 11.3. The topological polar surface area (TPSA) is 128 Å². The first-order chi connectivity index (χ1) is 17.7. The van der Waals surface area contributed by atoms with Gasteiger partial charge in [-0.15, -0.1) is 11.3 Å². The van der Waals surface area contributed by atoms with E-state index in [2.05, 4.69) is 19.9 Å². The van der Waals surface area contributed by atoms with E-state index in [1.807, 2.05) is 30.3 Å². The fourth-order valence-corrected chi connectivity index (χ4v) is 6.70. The highest BCUT2D eigenvalue weighted by Crippen LogP contribution is 2.40. The van der Waals surface area contributed by atoms with Gasteiger partial charge in [0.2, 0.25) is 10.0 Å². The Kier molecular flexibility index (Phi) is 6.88. The molecule has 8 nitrogen and oxygen atoms in total. The Labute approximate surface area is 222 Å². The Morgan fingerprint density at radius 2 is 1.97 bits per heavy atom. The number of aromatic nitrogens is 3. The predicted octanol–water partition coefficient (Wildman–Crippen LogP) is 4.61. The van der Waals surface area contributed by atoms with Gasteiger partial charge in [-0.1, -0.05) is 48.0 Å². The van der Waals surface area contributed by atoms with Crippen molar-refractivity contribution in [1.29, 1.82) is 0 Å². The summed E-state index contributed by atoms with van der Waals surface area (Å²) in [4.78, 5) is 5.25. The number of aliphatic hydroxyl groups is 2. The lowest BCUT2D eigenvalue weighted by molar-refractivity contribution is -0.00230. The highest BCUT2D eigenvalue weighted by atomic mass is 35.5. The molecule has 0 amide bonds. The van der Waals surface area contributed by atoms with Crippen LogP contribution in [0.2, 0.25) is 5.02 Å². The van der Waals surface area contributed by atoms with Gasteiger partial charge in [0.1, 0.15) is 10.5 Å². The number of thiophene rings is 1. The van der Waals surface area contributed by atoms with Crippen molar-refractivity contribution in [3.8, 4) is 11.3 Å². The number of aliphatic hydroxyl groups excluding tert-OH is 1. The highest BCUT2D eigenvalue weighted by molar-refractivity contribution is 7.89. The van der Waals surface area contributed by atoms with E-state index >= 15 is 0 Å². The van der Waals surface area contributed by atoms with Crippen LogP contribution in [-0.4, -0.2) is 40.4 Å². The molecular weight excluding hydrogens is 532 g/mol. The molecule has 0 fully saturated rings. The summed E-state index contributed by atoms with van der Waals surface area (Å²) in [6.45, 7) is 1.11. The third-order valence-electron chi connectivity index (χ3n) is 6.09. The molecule has 0 aliphatic rings. The third kappa shape index (κ3) is 5.04. The summed E-state index contributed by atoms with van der Waals surface area (Å²) in [6.07, 6.45) is 4.15. The van der Waals surface area contributed by atoms with Gasteiger partial charge in [-0.25, -0.2) is 8.42 Å². The van der Waals surface area contributed by atoms with E-state index in [9.17, 15) is 18.6 Å². The first-order valence-corrected chi connectivity index (χ1v) is 14.0. The van der Waals surface area contributed by atoms with Gasteiger partial charge >= 0.3 is 0 Å². The first kappa shape index (κ1) is 25.5.